The summed E-state index contributed by atoms with van der Waals surface area (Å²) in [5.74, 6) is 1.44. The van der Waals surface area contributed by atoms with Gasteiger partial charge in [-0.2, -0.15) is 0 Å². The van der Waals surface area contributed by atoms with Crippen molar-refractivity contribution in [1.29, 1.82) is 0 Å². The lowest BCUT2D eigenvalue weighted by atomic mass is 10.1. The van der Waals surface area contributed by atoms with Gasteiger partial charge in [-0.25, -0.2) is 4.79 Å². The van der Waals surface area contributed by atoms with Gasteiger partial charge in [0.15, 0.2) is 5.76 Å². The maximum Gasteiger partial charge on any atom is 0.319 e. The molecule has 136 valence electrons. The van der Waals surface area contributed by atoms with Crippen molar-refractivity contribution in [1.82, 2.24) is 10.5 Å². The number of aromatic nitrogens is 1. The first kappa shape index (κ1) is 18.8. The predicted molar refractivity (Wildman–Crippen MR) is 95.0 cm³/mol. The van der Waals surface area contributed by atoms with Crippen LogP contribution in [0.25, 0.3) is 0 Å². The molecule has 0 unspecified atom stereocenters. The smallest absolute Gasteiger partial charge is 0.319 e. The third-order valence-corrected chi connectivity index (χ3v) is 3.73. The number of nitrogens with zero attached hydrogens (tertiary/aromatic N) is 1. The molecule has 0 radical (unpaired) electrons. The molecule has 0 saturated heterocycles. The molecule has 25 heavy (non-hydrogen) atoms. The van der Waals surface area contributed by atoms with Gasteiger partial charge in [-0.05, 0) is 31.5 Å². The van der Waals surface area contributed by atoms with E-state index in [-0.39, 0.29) is 12.1 Å². The lowest BCUT2D eigenvalue weighted by Gasteiger charge is -2.19. The van der Waals surface area contributed by atoms with E-state index in [1.165, 1.54) is 0 Å². The van der Waals surface area contributed by atoms with E-state index in [4.69, 9.17) is 14.0 Å². The van der Waals surface area contributed by atoms with Gasteiger partial charge in [0, 0.05) is 13.5 Å². The van der Waals surface area contributed by atoms with Gasteiger partial charge in [-0.1, -0.05) is 24.2 Å². The lowest BCUT2D eigenvalue weighted by Crippen LogP contribution is -2.35. The zero-order chi connectivity index (χ0) is 18.2. The maximum absolute atomic E-state index is 12.4. The van der Waals surface area contributed by atoms with Crippen LogP contribution in [-0.2, 0) is 11.2 Å². The Morgan fingerprint density at radius 3 is 2.60 bits per heavy atom. The van der Waals surface area contributed by atoms with Gasteiger partial charge in [0.2, 0.25) is 0 Å². The number of benzene rings is 1. The van der Waals surface area contributed by atoms with Crippen LogP contribution in [0.4, 0.5) is 10.5 Å². The van der Waals surface area contributed by atoms with E-state index in [9.17, 15) is 4.79 Å². The monoisotopic (exact) mass is 347 g/mol. The Morgan fingerprint density at radius 1 is 1.28 bits per heavy atom. The number of rotatable bonds is 8. The van der Waals surface area contributed by atoms with Crippen LogP contribution >= 0.6 is 0 Å². The fourth-order valence-corrected chi connectivity index (χ4v) is 2.48. The molecule has 1 atom stereocenters. The lowest BCUT2D eigenvalue weighted by molar-refractivity contribution is 0.168. The minimum atomic E-state index is -0.336. The second-order valence-electron chi connectivity index (χ2n) is 5.53. The Morgan fingerprint density at radius 2 is 2.00 bits per heavy atom. The van der Waals surface area contributed by atoms with Gasteiger partial charge < -0.3 is 24.6 Å². The van der Waals surface area contributed by atoms with Gasteiger partial charge in [0.05, 0.1) is 19.3 Å². The molecule has 2 rings (SSSR count). The minimum absolute atomic E-state index is 0.286. The minimum Gasteiger partial charge on any atom is -0.494 e. The summed E-state index contributed by atoms with van der Waals surface area (Å²) in [5, 5.41) is 9.62. The molecule has 1 heterocycles. The second kappa shape index (κ2) is 9.08. The molecule has 7 nitrogen and oxygen atoms in total. The molecule has 7 heteroatoms. The number of urea groups is 1. The molecule has 1 aromatic carbocycles. The number of ether oxygens (including phenoxy) is 2. The van der Waals surface area contributed by atoms with Crippen LogP contribution in [0.2, 0.25) is 0 Å². The van der Waals surface area contributed by atoms with Crippen molar-refractivity contribution in [2.24, 2.45) is 0 Å². The SMILES string of the molecule is CCOc1ccc([C@H](COC)NC(=O)Nc2c(C)noc2CC)cc1. The summed E-state index contributed by atoms with van der Waals surface area (Å²) in [7, 11) is 1.60. The van der Waals surface area contributed by atoms with Gasteiger partial charge in [0.1, 0.15) is 17.1 Å². The van der Waals surface area contributed by atoms with Crippen molar-refractivity contribution < 1.29 is 18.8 Å². The van der Waals surface area contributed by atoms with Crippen molar-refractivity contribution in [3.05, 3.63) is 41.3 Å². The van der Waals surface area contributed by atoms with E-state index < -0.39 is 0 Å². The summed E-state index contributed by atoms with van der Waals surface area (Å²) in [6.45, 7) is 6.63. The fourth-order valence-electron chi connectivity index (χ4n) is 2.48. The third kappa shape index (κ3) is 4.96. The number of aryl methyl sites for hydroxylation is 2. The highest BCUT2D eigenvalue weighted by atomic mass is 16.5. The molecule has 0 spiro atoms. The summed E-state index contributed by atoms with van der Waals surface area (Å²) in [4.78, 5) is 12.4. The zero-order valence-electron chi connectivity index (χ0n) is 15.1. The van der Waals surface area contributed by atoms with Gasteiger partial charge in [0.25, 0.3) is 0 Å². The zero-order valence-corrected chi connectivity index (χ0v) is 15.1. The summed E-state index contributed by atoms with van der Waals surface area (Å²) in [5.41, 5.74) is 2.19. The van der Waals surface area contributed by atoms with E-state index in [2.05, 4.69) is 15.8 Å². The first-order valence-corrected chi connectivity index (χ1v) is 8.33. The van der Waals surface area contributed by atoms with Crippen molar-refractivity contribution in [2.45, 2.75) is 33.2 Å². The highest BCUT2D eigenvalue weighted by molar-refractivity contribution is 5.90. The molecule has 0 fully saturated rings. The van der Waals surface area contributed by atoms with Crippen molar-refractivity contribution in [2.75, 3.05) is 25.6 Å². The molecule has 2 aromatic rings. The number of carbonyl (C=O) groups excluding carboxylic acids is 1. The largest absolute Gasteiger partial charge is 0.494 e. The highest BCUT2D eigenvalue weighted by Gasteiger charge is 2.18. The molecule has 2 amide bonds. The molecule has 0 aliphatic rings. The highest BCUT2D eigenvalue weighted by Crippen LogP contribution is 2.22. The molecule has 1 aromatic heterocycles. The van der Waals surface area contributed by atoms with Gasteiger partial charge in [-0.15, -0.1) is 0 Å². The van der Waals surface area contributed by atoms with E-state index in [0.29, 0.717) is 36.8 Å². The second-order valence-corrected chi connectivity index (χ2v) is 5.53. The number of hydrogen-bond acceptors (Lipinski definition) is 5. The quantitative estimate of drug-likeness (QED) is 0.764. The standard InChI is InChI=1S/C18H25N3O4/c1-5-16-17(12(3)21-25-16)20-18(22)19-15(11-23-4)13-7-9-14(10-8-13)24-6-2/h7-10,15H,5-6,11H2,1-4H3,(H2,19,20,22)/t15-/m0/s1. The third-order valence-electron chi connectivity index (χ3n) is 3.73. The summed E-state index contributed by atoms with van der Waals surface area (Å²) in [6.07, 6.45) is 0.650. The van der Waals surface area contributed by atoms with E-state index in [1.54, 1.807) is 14.0 Å². The van der Waals surface area contributed by atoms with Crippen LogP contribution in [0.15, 0.2) is 28.8 Å². The topological polar surface area (TPSA) is 85.6 Å². The predicted octanol–water partition coefficient (Wildman–Crippen LogP) is 3.45. The molecule has 0 aliphatic heterocycles. The molecule has 0 bridgehead atoms. The number of carbonyl (C=O) groups is 1. The summed E-state index contributed by atoms with van der Waals surface area (Å²) >= 11 is 0. The number of anilines is 1. The van der Waals surface area contributed by atoms with Crippen molar-refractivity contribution in [3.8, 4) is 5.75 Å². The molecule has 0 saturated carbocycles. The number of methoxy groups -OCH3 is 1. The van der Waals surface area contributed by atoms with Gasteiger partial charge in [-0.3, -0.25) is 0 Å². The van der Waals surface area contributed by atoms with Crippen molar-refractivity contribution >= 4 is 11.7 Å². The Balaban J connectivity index is 2.07. The van der Waals surface area contributed by atoms with Crippen LogP contribution in [-0.4, -0.2) is 31.5 Å². The summed E-state index contributed by atoms with van der Waals surface area (Å²) < 4.78 is 15.9. The van der Waals surface area contributed by atoms with Crippen LogP contribution < -0.4 is 15.4 Å². The summed E-state index contributed by atoms with van der Waals surface area (Å²) in [6, 6.07) is 6.96. The van der Waals surface area contributed by atoms with Crippen LogP contribution in [0.5, 0.6) is 5.75 Å². The first-order chi connectivity index (χ1) is 12.1. The van der Waals surface area contributed by atoms with E-state index in [0.717, 1.165) is 11.3 Å². The van der Waals surface area contributed by atoms with Crippen molar-refractivity contribution in [3.63, 3.8) is 0 Å². The molecular weight excluding hydrogens is 322 g/mol. The van der Waals surface area contributed by atoms with E-state index in [1.807, 2.05) is 38.1 Å². The Hall–Kier alpha value is -2.54. The Bertz CT molecular complexity index is 682. The molecule has 0 aliphatic carbocycles. The average Bonchev–Trinajstić information content (AvgIpc) is 2.95. The normalized spacial score (nSPS) is 11.8. The van der Waals surface area contributed by atoms with Crippen LogP contribution in [0.1, 0.15) is 36.9 Å². The number of hydrogen-bond donors (Lipinski definition) is 2. The van der Waals surface area contributed by atoms with Crippen LogP contribution in [0.3, 0.4) is 0 Å². The fraction of sp³-hybridized carbons (Fsp3) is 0.444. The number of amides is 2. The molecular formula is C18H25N3O4. The first-order valence-electron chi connectivity index (χ1n) is 8.33. The average molecular weight is 347 g/mol. The Labute approximate surface area is 147 Å². The van der Waals surface area contributed by atoms with Crippen LogP contribution in [0, 0.1) is 6.92 Å². The van der Waals surface area contributed by atoms with E-state index >= 15 is 0 Å². The van der Waals surface area contributed by atoms with Gasteiger partial charge >= 0.3 is 6.03 Å². The molecule has 2 N–H and O–H groups in total. The number of nitrogens with one attached hydrogen (secondary N) is 2. The maximum atomic E-state index is 12.4. The Kier molecular flexibility index (Phi) is 6.82.